The number of alkyl halides is 3. The van der Waals surface area contributed by atoms with Crippen LogP contribution in [0.2, 0.25) is 25.7 Å². The van der Waals surface area contributed by atoms with Crippen LogP contribution in [0.1, 0.15) is 64.3 Å². The predicted octanol–water partition coefficient (Wildman–Crippen LogP) is 6.27. The van der Waals surface area contributed by atoms with E-state index in [-0.39, 0.29) is 19.2 Å². The van der Waals surface area contributed by atoms with Gasteiger partial charge in [-0.15, -0.1) is 0 Å². The number of carbonyl (C=O) groups is 1. The number of likely N-dealkylation sites (N-methyl/N-ethyl adjacent to an activating group) is 1. The number of hydrogen-bond acceptors (Lipinski definition) is 6. The highest BCUT2D eigenvalue weighted by Crippen LogP contribution is 2.40. The molecule has 2 N–H and O–H groups in total. The minimum atomic E-state index is -4.48. The Morgan fingerprint density at radius 3 is 2.61 bits per heavy atom. The summed E-state index contributed by atoms with van der Waals surface area (Å²) >= 11 is 0. The van der Waals surface area contributed by atoms with Gasteiger partial charge in [-0.3, -0.25) is 4.79 Å². The minimum Gasteiger partial charge on any atom is -0.383 e. The van der Waals surface area contributed by atoms with E-state index in [1.807, 2.05) is 11.5 Å². The smallest absolute Gasteiger partial charge is 0.383 e. The fourth-order valence-corrected chi connectivity index (χ4v) is 6.34. The summed E-state index contributed by atoms with van der Waals surface area (Å²) in [5, 5.41) is 0. The van der Waals surface area contributed by atoms with Crippen LogP contribution in [-0.2, 0) is 40.3 Å². The number of anilines is 1. The Labute approximate surface area is 238 Å². The molecule has 41 heavy (non-hydrogen) atoms. The molecule has 8 nitrogen and oxygen atoms in total. The summed E-state index contributed by atoms with van der Waals surface area (Å²) in [6.07, 6.45) is -5.00. The Bertz CT molecular complexity index is 1470. The molecule has 4 heterocycles. The first-order valence-electron chi connectivity index (χ1n) is 13.9. The molecule has 5 rings (SSSR count). The standard InChI is InChI=1S/C29H37F3N4O4Si/c1-6-35(25-15-40-17(2)20-11-18(29(30,31)32)7-8-19(20)25)28(37)24-12-23-26(21-13-39-14-22(21)27(33)34-23)36(24)16-38-9-10-41(3,4)5/h7-8,11-12,17,25H,6,9-10,13-16H2,1-5H3,(H2,33,34)/t17-,25-/m1/s1. The van der Waals surface area contributed by atoms with E-state index in [2.05, 4.69) is 24.6 Å². The predicted molar refractivity (Wildman–Crippen MR) is 152 cm³/mol. The summed E-state index contributed by atoms with van der Waals surface area (Å²) in [6.45, 7) is 12.3. The number of benzene rings is 1. The Morgan fingerprint density at radius 1 is 1.20 bits per heavy atom. The second-order valence-electron chi connectivity index (χ2n) is 11.9. The van der Waals surface area contributed by atoms with Crippen LogP contribution in [0.15, 0.2) is 24.3 Å². The van der Waals surface area contributed by atoms with Gasteiger partial charge >= 0.3 is 6.18 Å². The Hall–Kier alpha value is -2.93. The van der Waals surface area contributed by atoms with E-state index in [4.69, 9.17) is 19.9 Å². The molecule has 2 aliphatic heterocycles. The van der Waals surface area contributed by atoms with Gasteiger partial charge in [0.25, 0.3) is 5.91 Å². The van der Waals surface area contributed by atoms with Crippen molar-refractivity contribution in [2.45, 2.75) is 77.8 Å². The summed E-state index contributed by atoms with van der Waals surface area (Å²) in [4.78, 5) is 20.5. The molecule has 0 saturated carbocycles. The van der Waals surface area contributed by atoms with E-state index in [1.54, 1.807) is 17.9 Å². The number of pyridine rings is 1. The maximum Gasteiger partial charge on any atom is 0.416 e. The van der Waals surface area contributed by atoms with Gasteiger partial charge in [0.1, 0.15) is 18.2 Å². The second kappa shape index (κ2) is 11.0. The fraction of sp³-hybridized carbons (Fsp3) is 0.517. The maximum absolute atomic E-state index is 14.3. The van der Waals surface area contributed by atoms with Crippen molar-refractivity contribution in [2.75, 3.05) is 25.5 Å². The van der Waals surface area contributed by atoms with Gasteiger partial charge < -0.3 is 29.4 Å². The van der Waals surface area contributed by atoms with Gasteiger partial charge in [0, 0.05) is 32.4 Å². The monoisotopic (exact) mass is 590 g/mol. The summed E-state index contributed by atoms with van der Waals surface area (Å²) in [5.41, 5.74) is 9.98. The normalized spacial score (nSPS) is 18.9. The van der Waals surface area contributed by atoms with Crippen LogP contribution >= 0.6 is 0 Å². The van der Waals surface area contributed by atoms with E-state index < -0.39 is 32.0 Å². The van der Waals surface area contributed by atoms with E-state index in [1.165, 1.54) is 6.07 Å². The van der Waals surface area contributed by atoms with Crippen LogP contribution in [0.5, 0.6) is 0 Å². The van der Waals surface area contributed by atoms with Crippen LogP contribution in [0.3, 0.4) is 0 Å². The van der Waals surface area contributed by atoms with Crippen molar-refractivity contribution in [3.63, 3.8) is 0 Å². The Kier molecular flexibility index (Phi) is 7.96. The first-order chi connectivity index (χ1) is 19.3. The second-order valence-corrected chi connectivity index (χ2v) is 17.5. The molecule has 1 aromatic carbocycles. The Morgan fingerprint density at radius 2 is 1.93 bits per heavy atom. The van der Waals surface area contributed by atoms with Gasteiger partial charge in [-0.1, -0.05) is 25.7 Å². The van der Waals surface area contributed by atoms with Crippen LogP contribution in [-0.4, -0.2) is 48.2 Å². The summed E-state index contributed by atoms with van der Waals surface area (Å²) in [7, 11) is -1.34. The number of halogens is 3. The zero-order valence-corrected chi connectivity index (χ0v) is 25.1. The third-order valence-electron chi connectivity index (χ3n) is 7.90. The highest BCUT2D eigenvalue weighted by Gasteiger charge is 2.37. The van der Waals surface area contributed by atoms with Crippen LogP contribution in [0.4, 0.5) is 19.0 Å². The number of ether oxygens (including phenoxy) is 3. The molecule has 0 radical (unpaired) electrons. The average molecular weight is 591 g/mol. The molecular formula is C29H37F3N4O4Si. The van der Waals surface area contributed by atoms with Crippen molar-refractivity contribution in [1.29, 1.82) is 0 Å². The van der Waals surface area contributed by atoms with Gasteiger partial charge in [0.15, 0.2) is 0 Å². The Balaban J connectivity index is 1.55. The van der Waals surface area contributed by atoms with Crippen LogP contribution in [0, 0.1) is 0 Å². The number of fused-ring (bicyclic) bond motifs is 4. The SMILES string of the molecule is CCN(C(=O)c1cc2nc(N)c3c(c2n1COCC[Si](C)(C)C)COC3)[C@@H]1CO[C@H](C)c2cc(C(F)(F)F)ccc21. The lowest BCUT2D eigenvalue weighted by Crippen LogP contribution is -2.40. The summed E-state index contributed by atoms with van der Waals surface area (Å²) in [5.74, 6) is 0.0803. The number of aromatic nitrogens is 2. The van der Waals surface area contributed by atoms with Gasteiger partial charge in [0.05, 0.1) is 48.6 Å². The molecule has 2 aromatic heterocycles. The minimum absolute atomic E-state index is 0.147. The molecular weight excluding hydrogens is 553 g/mol. The number of carbonyl (C=O) groups excluding carboxylic acids is 1. The van der Waals surface area contributed by atoms with Crippen molar-refractivity contribution in [1.82, 2.24) is 14.5 Å². The zero-order chi connectivity index (χ0) is 29.7. The van der Waals surface area contributed by atoms with Crippen LogP contribution < -0.4 is 5.73 Å². The van der Waals surface area contributed by atoms with Crippen molar-refractivity contribution in [2.24, 2.45) is 0 Å². The molecule has 3 aromatic rings. The molecule has 0 fully saturated rings. The third kappa shape index (κ3) is 5.75. The fourth-order valence-electron chi connectivity index (χ4n) is 5.58. The lowest BCUT2D eigenvalue weighted by atomic mass is 9.91. The van der Waals surface area contributed by atoms with E-state index >= 15 is 0 Å². The number of amides is 1. The van der Waals surface area contributed by atoms with E-state index in [9.17, 15) is 18.0 Å². The summed E-state index contributed by atoms with van der Waals surface area (Å²) < 4.78 is 60.0. The van der Waals surface area contributed by atoms with Gasteiger partial charge in [0.2, 0.25) is 0 Å². The quantitative estimate of drug-likeness (QED) is 0.246. The zero-order valence-electron chi connectivity index (χ0n) is 24.1. The first kappa shape index (κ1) is 29.6. The highest BCUT2D eigenvalue weighted by atomic mass is 28.3. The molecule has 0 aliphatic carbocycles. The lowest BCUT2D eigenvalue weighted by Gasteiger charge is -2.37. The van der Waals surface area contributed by atoms with Crippen molar-refractivity contribution in [3.05, 3.63) is 57.8 Å². The molecule has 0 unspecified atom stereocenters. The molecule has 12 heteroatoms. The van der Waals surface area contributed by atoms with Crippen molar-refractivity contribution in [3.8, 4) is 0 Å². The number of nitrogens with two attached hydrogens (primary N) is 1. The highest BCUT2D eigenvalue weighted by molar-refractivity contribution is 6.76. The third-order valence-corrected chi connectivity index (χ3v) is 9.60. The van der Waals surface area contributed by atoms with E-state index in [0.717, 1.165) is 34.8 Å². The van der Waals surface area contributed by atoms with Gasteiger partial charge in [-0.2, -0.15) is 13.2 Å². The molecule has 222 valence electrons. The van der Waals surface area contributed by atoms with Gasteiger partial charge in [-0.05, 0) is 49.2 Å². The molecule has 0 saturated heterocycles. The number of rotatable bonds is 8. The summed E-state index contributed by atoms with van der Waals surface area (Å²) in [6, 6.07) is 5.80. The first-order valence-corrected chi connectivity index (χ1v) is 17.6. The van der Waals surface area contributed by atoms with E-state index in [0.29, 0.717) is 54.5 Å². The topological polar surface area (TPSA) is 91.8 Å². The number of hydrogen-bond donors (Lipinski definition) is 1. The maximum atomic E-state index is 14.3. The van der Waals surface area contributed by atoms with Crippen LogP contribution in [0.25, 0.3) is 11.0 Å². The van der Waals surface area contributed by atoms with Crippen molar-refractivity contribution < 1.29 is 32.2 Å². The van der Waals surface area contributed by atoms with Gasteiger partial charge in [-0.25, -0.2) is 4.98 Å². The number of nitrogen functional groups attached to an aromatic ring is 1. The molecule has 2 atom stereocenters. The largest absolute Gasteiger partial charge is 0.416 e. The average Bonchev–Trinajstić information content (AvgIpc) is 3.52. The number of nitrogens with zero attached hydrogens (tertiary/aromatic N) is 3. The molecule has 0 spiro atoms. The molecule has 2 aliphatic rings. The molecule has 1 amide bonds. The lowest BCUT2D eigenvalue weighted by molar-refractivity contribution is -0.137. The van der Waals surface area contributed by atoms with Crippen molar-refractivity contribution >= 4 is 30.8 Å². The molecule has 0 bridgehead atoms.